The third-order valence-electron chi connectivity index (χ3n) is 7.37. The summed E-state index contributed by atoms with van der Waals surface area (Å²) in [5.74, 6) is 1.02. The molecule has 3 aromatic heterocycles. The lowest BCUT2D eigenvalue weighted by atomic mass is 9.96. The van der Waals surface area contributed by atoms with E-state index in [1.54, 1.807) is 47.6 Å². The van der Waals surface area contributed by atoms with Crippen LogP contribution in [0, 0.1) is 22.8 Å². The Balaban J connectivity index is 1.83. The molecule has 18 nitrogen and oxygen atoms in total. The number of thiazole rings is 1. The minimum Gasteiger partial charge on any atom is -0.463 e. The maximum absolute atomic E-state index is 13.3. The van der Waals surface area contributed by atoms with E-state index in [1.807, 2.05) is 0 Å². The summed E-state index contributed by atoms with van der Waals surface area (Å²) < 4.78 is 35.7. The van der Waals surface area contributed by atoms with E-state index in [9.17, 15) is 29.2 Å². The van der Waals surface area contributed by atoms with Gasteiger partial charge in [-0.2, -0.15) is 10.2 Å². The first-order chi connectivity index (χ1) is 27.3. The summed E-state index contributed by atoms with van der Waals surface area (Å²) in [6.45, 7) is 19.3. The van der Waals surface area contributed by atoms with Crippen LogP contribution in [0.1, 0.15) is 79.6 Å². The number of nitrogens with zero attached hydrogens (tertiary/aromatic N) is 7. The molecule has 316 valence electrons. The Morgan fingerprint density at radius 1 is 0.949 bits per heavy atom. The van der Waals surface area contributed by atoms with Crippen molar-refractivity contribution in [3.8, 4) is 28.9 Å². The summed E-state index contributed by atoms with van der Waals surface area (Å²) >= 11 is 1.94. The van der Waals surface area contributed by atoms with Crippen LogP contribution in [0.3, 0.4) is 0 Å². The van der Waals surface area contributed by atoms with E-state index in [2.05, 4.69) is 57.5 Å². The largest absolute Gasteiger partial charge is 0.463 e. The third-order valence-corrected chi connectivity index (χ3v) is 10.2. The lowest BCUT2D eigenvalue weighted by Crippen LogP contribution is -2.57. The molecule has 1 aliphatic heterocycles. The minimum atomic E-state index is -1.79. The Morgan fingerprint density at radius 2 is 1.56 bits per heavy atom. The van der Waals surface area contributed by atoms with Crippen molar-refractivity contribution in [2.24, 2.45) is 0 Å². The highest BCUT2D eigenvalue weighted by atomic mass is 32.2. The molecule has 0 unspecified atom stereocenters. The molecule has 0 spiro atoms. The minimum absolute atomic E-state index is 0.0445. The monoisotopic (exact) mass is 869 g/mol. The highest BCUT2D eigenvalue weighted by Crippen LogP contribution is 2.42. The molecule has 3 aromatic rings. The van der Waals surface area contributed by atoms with Crippen LogP contribution in [-0.4, -0.2) is 105 Å². The molecule has 0 saturated carbocycles. The van der Waals surface area contributed by atoms with Gasteiger partial charge in [-0.15, -0.1) is 22.0 Å². The summed E-state index contributed by atoms with van der Waals surface area (Å²) in [4.78, 5) is 73.8. The average molecular weight is 870 g/mol. The number of thioether (sulfide) groups is 1. The number of imide groups is 1. The number of nitriles is 1. The summed E-state index contributed by atoms with van der Waals surface area (Å²) in [6.07, 6.45) is -2.83. The van der Waals surface area contributed by atoms with Crippen molar-refractivity contribution in [1.29, 1.82) is 5.26 Å². The number of rotatable bonds is 9. The Hall–Kier alpha value is -5.35. The van der Waals surface area contributed by atoms with Crippen LogP contribution in [0.2, 0.25) is 19.6 Å². The molecule has 0 aliphatic carbocycles. The molecule has 1 aliphatic rings. The topological polar surface area (TPSA) is 224 Å². The second-order valence-electron chi connectivity index (χ2n) is 16.2. The lowest BCUT2D eigenvalue weighted by Gasteiger charge is -2.44. The van der Waals surface area contributed by atoms with Crippen molar-refractivity contribution in [3.05, 3.63) is 35.1 Å². The standard InChI is InChI=1S/C38H47N7O11S2Si/c1-21(46)51-19-28-31(52-22(2)47)30(32(53-23(3)48)33(54-28)58-29-15-24(13-14-59(10,11)12)17-40-25(29)16-39)44-18-26(42-43-44)27-20-57-34(41-27)45(35(49)55-37(4,5)6)36(50)56-38(7,8)9/h15,17-18,20,28,30-33H,19H2,1-12H3/t28-,30+,31+,32-,33-/m1/s1. The van der Waals surface area contributed by atoms with Crippen LogP contribution >= 0.6 is 23.1 Å². The Morgan fingerprint density at radius 3 is 2.10 bits per heavy atom. The molecule has 0 radical (unpaired) electrons. The Bertz CT molecular complexity index is 2150. The fourth-order valence-corrected chi connectivity index (χ4v) is 7.74. The number of esters is 3. The van der Waals surface area contributed by atoms with Gasteiger partial charge in [0.25, 0.3) is 0 Å². The van der Waals surface area contributed by atoms with Gasteiger partial charge in [0.05, 0.1) is 6.20 Å². The van der Waals surface area contributed by atoms with Crippen LogP contribution < -0.4 is 4.90 Å². The number of pyridine rings is 1. The van der Waals surface area contributed by atoms with E-state index in [0.29, 0.717) is 15.4 Å². The van der Waals surface area contributed by atoms with Crippen molar-refractivity contribution in [2.45, 2.75) is 128 Å². The predicted molar refractivity (Wildman–Crippen MR) is 217 cm³/mol. The van der Waals surface area contributed by atoms with Gasteiger partial charge >= 0.3 is 30.1 Å². The average Bonchev–Trinajstić information content (AvgIpc) is 3.76. The van der Waals surface area contributed by atoms with E-state index < -0.39 is 79.2 Å². The Kier molecular flexibility index (Phi) is 14.7. The number of amides is 2. The van der Waals surface area contributed by atoms with E-state index >= 15 is 0 Å². The van der Waals surface area contributed by atoms with E-state index in [1.165, 1.54) is 43.2 Å². The number of hydrogen-bond acceptors (Lipinski definition) is 18. The van der Waals surface area contributed by atoms with Crippen LogP contribution in [-0.2, 0) is 42.8 Å². The molecular formula is C38H47N7O11S2Si. The maximum Gasteiger partial charge on any atom is 0.426 e. The zero-order chi connectivity index (χ0) is 44.0. The number of anilines is 1. The second kappa shape index (κ2) is 18.7. The van der Waals surface area contributed by atoms with Crippen LogP contribution in [0.15, 0.2) is 28.7 Å². The molecule has 0 aromatic carbocycles. The summed E-state index contributed by atoms with van der Waals surface area (Å²) in [5.41, 5.74) is 1.12. The molecule has 4 rings (SSSR count). The lowest BCUT2D eigenvalue weighted by molar-refractivity contribution is -0.212. The molecule has 0 N–H and O–H groups in total. The highest BCUT2D eigenvalue weighted by Gasteiger charge is 2.52. The normalized spacial score (nSPS) is 19.3. The van der Waals surface area contributed by atoms with Gasteiger partial charge in [-0.1, -0.05) is 42.5 Å². The van der Waals surface area contributed by atoms with Gasteiger partial charge in [-0.3, -0.25) is 14.4 Å². The van der Waals surface area contributed by atoms with Crippen molar-refractivity contribution < 1.29 is 52.4 Å². The van der Waals surface area contributed by atoms with Gasteiger partial charge in [-0.25, -0.2) is 24.2 Å². The zero-order valence-electron chi connectivity index (χ0n) is 34.8. The molecular weight excluding hydrogens is 823 g/mol. The highest BCUT2D eigenvalue weighted by molar-refractivity contribution is 7.99. The first kappa shape index (κ1) is 46.3. The molecule has 1 saturated heterocycles. The Labute approximate surface area is 351 Å². The quantitative estimate of drug-likeness (QED) is 0.103. The van der Waals surface area contributed by atoms with Gasteiger partial charge in [0.1, 0.15) is 60.9 Å². The number of ether oxygens (including phenoxy) is 6. The van der Waals surface area contributed by atoms with Gasteiger partial charge in [0.2, 0.25) is 5.13 Å². The molecule has 1 fully saturated rings. The molecule has 59 heavy (non-hydrogen) atoms. The van der Waals surface area contributed by atoms with Gasteiger partial charge in [-0.05, 0) is 47.6 Å². The fourth-order valence-electron chi connectivity index (χ4n) is 5.22. The molecule has 0 bridgehead atoms. The fraction of sp³-hybridized carbons (Fsp3) is 0.526. The maximum atomic E-state index is 13.3. The smallest absolute Gasteiger partial charge is 0.426 e. The number of hydrogen-bond donors (Lipinski definition) is 0. The summed E-state index contributed by atoms with van der Waals surface area (Å²) in [5, 5.41) is 20.1. The van der Waals surface area contributed by atoms with E-state index in [4.69, 9.17) is 28.4 Å². The van der Waals surface area contributed by atoms with Crippen molar-refractivity contribution in [3.63, 3.8) is 0 Å². The van der Waals surface area contributed by atoms with Crippen LogP contribution in [0.5, 0.6) is 0 Å². The number of carbonyl (C=O) groups is 5. The van der Waals surface area contributed by atoms with Crippen LogP contribution in [0.25, 0.3) is 11.4 Å². The van der Waals surface area contributed by atoms with Gasteiger partial charge in [0, 0.05) is 42.8 Å². The first-order valence-electron chi connectivity index (χ1n) is 18.2. The van der Waals surface area contributed by atoms with Crippen molar-refractivity contribution in [1.82, 2.24) is 25.0 Å². The molecule has 21 heteroatoms. The van der Waals surface area contributed by atoms with Gasteiger partial charge in [0.15, 0.2) is 17.9 Å². The van der Waals surface area contributed by atoms with Gasteiger partial charge < -0.3 is 28.4 Å². The van der Waals surface area contributed by atoms with Crippen LogP contribution in [0.4, 0.5) is 14.7 Å². The first-order valence-corrected chi connectivity index (χ1v) is 23.5. The second-order valence-corrected chi connectivity index (χ2v) is 22.9. The van der Waals surface area contributed by atoms with E-state index in [0.717, 1.165) is 23.1 Å². The SMILES string of the molecule is CC(=O)OC[C@H]1O[C@H](Sc2cc(C#C[Si](C)(C)C)cnc2C#N)[C@H](OC(C)=O)[C@@H](n2cc(-c3csc(N(C(=O)OC(C)(C)C)C(=O)OC(C)(C)C)n3)nn2)[C@H]1OC(C)=O. The summed E-state index contributed by atoms with van der Waals surface area (Å²) in [7, 11) is -1.79. The number of carbonyl (C=O) groups excluding carboxylic acids is 5. The molecule has 5 atom stereocenters. The molecule has 4 heterocycles. The number of aromatic nitrogens is 5. The third kappa shape index (κ3) is 13.3. The van der Waals surface area contributed by atoms with Crippen molar-refractivity contribution in [2.75, 3.05) is 11.5 Å². The predicted octanol–water partition coefficient (Wildman–Crippen LogP) is 6.06. The van der Waals surface area contributed by atoms with E-state index in [-0.39, 0.29) is 28.8 Å². The summed E-state index contributed by atoms with van der Waals surface area (Å²) in [6, 6.07) is 2.57. The molecule has 2 amide bonds. The zero-order valence-corrected chi connectivity index (χ0v) is 37.5. The van der Waals surface area contributed by atoms with Crippen molar-refractivity contribution >= 4 is 66.4 Å².